The summed E-state index contributed by atoms with van der Waals surface area (Å²) in [6, 6.07) is 9.33. The molecule has 0 saturated heterocycles. The number of nitrogens with one attached hydrogen (secondary N) is 1. The van der Waals surface area contributed by atoms with Gasteiger partial charge in [-0.25, -0.2) is 0 Å². The molecule has 2 aromatic rings. The van der Waals surface area contributed by atoms with Gasteiger partial charge in [0.25, 0.3) is 0 Å². The second-order valence-corrected chi connectivity index (χ2v) is 6.38. The Balaban J connectivity index is 1.92. The molecule has 1 atom stereocenters. The average molecular weight is 261 g/mol. The standard InChI is InChI=1S/C16H23NS/c1-12(2)17-9-8-13(3)10-14-11-18-16-7-5-4-6-15(14)16/h4-7,11-13,17H,8-10H2,1-3H3. The van der Waals surface area contributed by atoms with E-state index in [4.69, 9.17) is 0 Å². The topological polar surface area (TPSA) is 12.0 Å². The van der Waals surface area contributed by atoms with Crippen LogP contribution in [-0.2, 0) is 6.42 Å². The van der Waals surface area contributed by atoms with E-state index in [-0.39, 0.29) is 0 Å². The van der Waals surface area contributed by atoms with Crippen molar-refractivity contribution >= 4 is 21.4 Å². The average Bonchev–Trinajstić information content (AvgIpc) is 2.72. The SMILES string of the molecule is CC(CCNC(C)C)Cc1csc2ccccc12. The van der Waals surface area contributed by atoms with Crippen molar-refractivity contribution in [2.75, 3.05) is 6.54 Å². The highest BCUT2D eigenvalue weighted by Gasteiger charge is 2.08. The molecule has 2 heteroatoms. The van der Waals surface area contributed by atoms with Gasteiger partial charge in [0, 0.05) is 10.7 Å². The van der Waals surface area contributed by atoms with Crippen molar-refractivity contribution in [2.24, 2.45) is 5.92 Å². The van der Waals surface area contributed by atoms with Gasteiger partial charge >= 0.3 is 0 Å². The van der Waals surface area contributed by atoms with Gasteiger partial charge in [0.1, 0.15) is 0 Å². The van der Waals surface area contributed by atoms with E-state index in [2.05, 4.69) is 55.7 Å². The molecule has 1 heterocycles. The monoisotopic (exact) mass is 261 g/mol. The molecule has 18 heavy (non-hydrogen) atoms. The number of benzene rings is 1. The molecule has 0 aliphatic carbocycles. The van der Waals surface area contributed by atoms with Crippen molar-refractivity contribution in [1.29, 1.82) is 0 Å². The maximum absolute atomic E-state index is 3.50. The molecule has 1 nitrogen and oxygen atoms in total. The zero-order valence-electron chi connectivity index (χ0n) is 11.6. The van der Waals surface area contributed by atoms with Crippen molar-refractivity contribution in [3.8, 4) is 0 Å². The van der Waals surface area contributed by atoms with Crippen LogP contribution in [-0.4, -0.2) is 12.6 Å². The summed E-state index contributed by atoms with van der Waals surface area (Å²) in [6.45, 7) is 7.89. The quantitative estimate of drug-likeness (QED) is 0.809. The van der Waals surface area contributed by atoms with E-state index in [0.717, 1.165) is 12.5 Å². The van der Waals surface area contributed by atoms with Crippen LogP contribution < -0.4 is 5.32 Å². The maximum atomic E-state index is 3.50. The van der Waals surface area contributed by atoms with Crippen LogP contribution in [0, 0.1) is 5.92 Å². The van der Waals surface area contributed by atoms with Crippen LogP contribution in [0.1, 0.15) is 32.8 Å². The van der Waals surface area contributed by atoms with E-state index in [1.807, 2.05) is 11.3 Å². The maximum Gasteiger partial charge on any atom is 0.0345 e. The van der Waals surface area contributed by atoms with Crippen molar-refractivity contribution in [2.45, 2.75) is 39.7 Å². The minimum Gasteiger partial charge on any atom is -0.315 e. The first kappa shape index (κ1) is 13.6. The van der Waals surface area contributed by atoms with E-state index in [1.54, 1.807) is 0 Å². The van der Waals surface area contributed by atoms with Crippen LogP contribution in [0.2, 0.25) is 0 Å². The lowest BCUT2D eigenvalue weighted by Gasteiger charge is -2.13. The smallest absolute Gasteiger partial charge is 0.0345 e. The molecular weight excluding hydrogens is 238 g/mol. The molecule has 2 rings (SSSR count). The van der Waals surface area contributed by atoms with Gasteiger partial charge < -0.3 is 5.32 Å². The van der Waals surface area contributed by atoms with Crippen molar-refractivity contribution in [1.82, 2.24) is 5.32 Å². The van der Waals surface area contributed by atoms with Gasteiger partial charge in [-0.1, -0.05) is 39.0 Å². The van der Waals surface area contributed by atoms with Crippen LogP contribution in [0.4, 0.5) is 0 Å². The zero-order valence-corrected chi connectivity index (χ0v) is 12.4. The summed E-state index contributed by atoms with van der Waals surface area (Å²) in [5.74, 6) is 0.745. The highest BCUT2D eigenvalue weighted by atomic mass is 32.1. The van der Waals surface area contributed by atoms with Gasteiger partial charge in [0.15, 0.2) is 0 Å². The Bertz CT molecular complexity index is 487. The second-order valence-electron chi connectivity index (χ2n) is 5.46. The van der Waals surface area contributed by atoms with Crippen LogP contribution in [0.3, 0.4) is 0 Å². The van der Waals surface area contributed by atoms with Crippen LogP contribution in [0.5, 0.6) is 0 Å². The summed E-state index contributed by atoms with van der Waals surface area (Å²) >= 11 is 1.87. The molecule has 0 spiro atoms. The van der Waals surface area contributed by atoms with Gasteiger partial charge in [0.05, 0.1) is 0 Å². The number of rotatable bonds is 6. The number of fused-ring (bicyclic) bond motifs is 1. The lowest BCUT2D eigenvalue weighted by molar-refractivity contribution is 0.477. The molecule has 1 aromatic heterocycles. The lowest BCUT2D eigenvalue weighted by atomic mass is 9.97. The summed E-state index contributed by atoms with van der Waals surface area (Å²) in [5, 5.41) is 7.28. The summed E-state index contributed by atoms with van der Waals surface area (Å²) in [5.41, 5.74) is 1.52. The largest absolute Gasteiger partial charge is 0.315 e. The Hall–Kier alpha value is -0.860. The Morgan fingerprint density at radius 2 is 1.94 bits per heavy atom. The van der Waals surface area contributed by atoms with Crippen LogP contribution >= 0.6 is 11.3 Å². The molecule has 1 unspecified atom stereocenters. The highest BCUT2D eigenvalue weighted by molar-refractivity contribution is 7.17. The molecule has 98 valence electrons. The zero-order chi connectivity index (χ0) is 13.0. The Labute approximate surface area is 114 Å². The highest BCUT2D eigenvalue weighted by Crippen LogP contribution is 2.27. The van der Waals surface area contributed by atoms with Crippen molar-refractivity contribution in [3.63, 3.8) is 0 Å². The minimum atomic E-state index is 0.596. The number of hydrogen-bond acceptors (Lipinski definition) is 2. The molecular formula is C16H23NS. The molecule has 1 N–H and O–H groups in total. The predicted molar refractivity (Wildman–Crippen MR) is 82.4 cm³/mol. The molecule has 0 aliphatic rings. The predicted octanol–water partition coefficient (Wildman–Crippen LogP) is 4.47. The van der Waals surface area contributed by atoms with Crippen molar-refractivity contribution in [3.05, 3.63) is 35.2 Å². The fraction of sp³-hybridized carbons (Fsp3) is 0.500. The summed E-state index contributed by atoms with van der Waals surface area (Å²) in [4.78, 5) is 0. The fourth-order valence-electron chi connectivity index (χ4n) is 2.29. The molecule has 0 bridgehead atoms. The Morgan fingerprint density at radius 3 is 2.72 bits per heavy atom. The Kier molecular flexibility index (Phi) is 4.79. The summed E-state index contributed by atoms with van der Waals surface area (Å²) in [6.07, 6.45) is 2.45. The molecule has 1 aromatic carbocycles. The van der Waals surface area contributed by atoms with E-state index in [1.165, 1.54) is 28.5 Å². The third-order valence-corrected chi connectivity index (χ3v) is 4.33. The van der Waals surface area contributed by atoms with E-state index < -0.39 is 0 Å². The van der Waals surface area contributed by atoms with Gasteiger partial charge in [0.2, 0.25) is 0 Å². The number of thiophene rings is 1. The van der Waals surface area contributed by atoms with Gasteiger partial charge in [-0.2, -0.15) is 0 Å². The van der Waals surface area contributed by atoms with E-state index in [9.17, 15) is 0 Å². The van der Waals surface area contributed by atoms with Gasteiger partial charge in [-0.15, -0.1) is 11.3 Å². The number of hydrogen-bond donors (Lipinski definition) is 1. The van der Waals surface area contributed by atoms with Gasteiger partial charge in [-0.3, -0.25) is 0 Å². The first-order chi connectivity index (χ1) is 8.66. The molecule has 0 saturated carbocycles. The third-order valence-electron chi connectivity index (χ3n) is 3.32. The summed E-state index contributed by atoms with van der Waals surface area (Å²) < 4.78 is 1.42. The summed E-state index contributed by atoms with van der Waals surface area (Å²) in [7, 11) is 0. The fourth-order valence-corrected chi connectivity index (χ4v) is 3.26. The van der Waals surface area contributed by atoms with Crippen LogP contribution in [0.25, 0.3) is 10.1 Å². The molecule has 0 amide bonds. The first-order valence-corrected chi connectivity index (χ1v) is 7.73. The molecule has 0 fully saturated rings. The third kappa shape index (κ3) is 3.56. The van der Waals surface area contributed by atoms with Gasteiger partial charge in [-0.05, 0) is 47.7 Å². The second kappa shape index (κ2) is 6.35. The van der Waals surface area contributed by atoms with Crippen molar-refractivity contribution < 1.29 is 0 Å². The molecule has 0 aliphatic heterocycles. The molecule has 0 radical (unpaired) electrons. The normalized spacial score (nSPS) is 13.3. The van der Waals surface area contributed by atoms with E-state index in [0.29, 0.717) is 6.04 Å². The first-order valence-electron chi connectivity index (χ1n) is 6.85. The minimum absolute atomic E-state index is 0.596. The lowest BCUT2D eigenvalue weighted by Crippen LogP contribution is -2.25. The Morgan fingerprint density at radius 1 is 1.17 bits per heavy atom. The van der Waals surface area contributed by atoms with E-state index >= 15 is 0 Å². The van der Waals surface area contributed by atoms with Crippen LogP contribution in [0.15, 0.2) is 29.6 Å².